The molecule has 0 saturated carbocycles. The highest BCUT2D eigenvalue weighted by Crippen LogP contribution is 2.15. The van der Waals surface area contributed by atoms with Gasteiger partial charge in [-0.05, 0) is 17.7 Å². The van der Waals surface area contributed by atoms with Gasteiger partial charge in [0.15, 0.2) is 0 Å². The van der Waals surface area contributed by atoms with Crippen molar-refractivity contribution in [3.8, 4) is 5.75 Å². The minimum atomic E-state index is -0.441. The number of benzene rings is 2. The normalized spacial score (nSPS) is 17.4. The molecule has 1 heterocycles. The van der Waals surface area contributed by atoms with Gasteiger partial charge in [-0.15, -0.1) is 0 Å². The molecule has 0 unspecified atom stereocenters. The number of rotatable bonds is 7. The Morgan fingerprint density at radius 2 is 1.68 bits per heavy atom. The van der Waals surface area contributed by atoms with E-state index in [4.69, 9.17) is 4.74 Å². The van der Waals surface area contributed by atoms with Crippen molar-refractivity contribution in [3.63, 3.8) is 0 Å². The molecule has 4 nitrogen and oxygen atoms in total. The van der Waals surface area contributed by atoms with Gasteiger partial charge in [-0.1, -0.05) is 36.4 Å². The van der Waals surface area contributed by atoms with Crippen molar-refractivity contribution in [1.29, 1.82) is 0 Å². The molecule has 0 aromatic heterocycles. The van der Waals surface area contributed by atoms with Crippen LogP contribution in [0.2, 0.25) is 0 Å². The van der Waals surface area contributed by atoms with E-state index in [0.29, 0.717) is 18.9 Å². The van der Waals surface area contributed by atoms with Crippen LogP contribution >= 0.6 is 0 Å². The Bertz CT molecular complexity index is 645. The zero-order valence-corrected chi connectivity index (χ0v) is 14.4. The van der Waals surface area contributed by atoms with Gasteiger partial charge in [-0.3, -0.25) is 9.80 Å². The fourth-order valence-electron chi connectivity index (χ4n) is 3.07. The third kappa shape index (κ3) is 5.53. The van der Waals surface area contributed by atoms with Gasteiger partial charge >= 0.3 is 0 Å². The van der Waals surface area contributed by atoms with E-state index in [9.17, 15) is 9.50 Å². The van der Waals surface area contributed by atoms with Crippen LogP contribution < -0.4 is 4.74 Å². The lowest BCUT2D eigenvalue weighted by Gasteiger charge is -2.35. The van der Waals surface area contributed by atoms with Crippen molar-refractivity contribution in [1.82, 2.24) is 9.80 Å². The monoisotopic (exact) mass is 344 g/mol. The highest BCUT2D eigenvalue weighted by Gasteiger charge is 2.19. The average molecular weight is 344 g/mol. The highest BCUT2D eigenvalue weighted by molar-refractivity contribution is 5.22. The first kappa shape index (κ1) is 17.9. The molecule has 2 aromatic rings. The van der Waals surface area contributed by atoms with E-state index < -0.39 is 6.10 Å². The number of ether oxygens (including phenoxy) is 1. The number of aliphatic hydroxyl groups is 1. The molecule has 1 fully saturated rings. The molecule has 0 amide bonds. The number of nitrogens with zero attached hydrogens (tertiary/aromatic N) is 2. The Morgan fingerprint density at radius 1 is 0.960 bits per heavy atom. The SMILES string of the molecule is O[C@H](CN1CCN(CCOc2cccc(F)c2)CC1)c1ccccc1. The highest BCUT2D eigenvalue weighted by atomic mass is 19.1. The smallest absolute Gasteiger partial charge is 0.126 e. The van der Waals surface area contributed by atoms with Crippen molar-refractivity contribution >= 4 is 0 Å². The molecule has 1 saturated heterocycles. The number of piperazine rings is 1. The first-order valence-corrected chi connectivity index (χ1v) is 8.77. The minimum absolute atomic E-state index is 0.275. The Balaban J connectivity index is 1.36. The first-order chi connectivity index (χ1) is 12.2. The van der Waals surface area contributed by atoms with Crippen LogP contribution in [0.5, 0.6) is 5.75 Å². The minimum Gasteiger partial charge on any atom is -0.492 e. The lowest BCUT2D eigenvalue weighted by Crippen LogP contribution is -2.48. The third-order valence-electron chi connectivity index (χ3n) is 4.55. The van der Waals surface area contributed by atoms with Crippen LogP contribution in [0.4, 0.5) is 4.39 Å². The zero-order valence-electron chi connectivity index (χ0n) is 14.4. The van der Waals surface area contributed by atoms with Gasteiger partial charge in [0.1, 0.15) is 18.2 Å². The van der Waals surface area contributed by atoms with Crippen molar-refractivity contribution < 1.29 is 14.2 Å². The maximum absolute atomic E-state index is 13.1. The summed E-state index contributed by atoms with van der Waals surface area (Å²) in [4.78, 5) is 4.63. The number of hydrogen-bond donors (Lipinski definition) is 1. The summed E-state index contributed by atoms with van der Waals surface area (Å²) in [7, 11) is 0. The zero-order chi connectivity index (χ0) is 17.5. The van der Waals surface area contributed by atoms with Crippen molar-refractivity contribution in [2.75, 3.05) is 45.9 Å². The molecule has 1 aliphatic heterocycles. The molecule has 0 bridgehead atoms. The molecule has 25 heavy (non-hydrogen) atoms. The molecule has 134 valence electrons. The Morgan fingerprint density at radius 3 is 2.40 bits per heavy atom. The van der Waals surface area contributed by atoms with E-state index in [1.54, 1.807) is 12.1 Å². The summed E-state index contributed by atoms with van der Waals surface area (Å²) in [6.45, 7) is 5.81. The summed E-state index contributed by atoms with van der Waals surface area (Å²) in [5, 5.41) is 10.3. The van der Waals surface area contributed by atoms with Gasteiger partial charge in [0.25, 0.3) is 0 Å². The number of hydrogen-bond acceptors (Lipinski definition) is 4. The molecule has 1 N–H and O–H groups in total. The van der Waals surface area contributed by atoms with Crippen LogP contribution in [0.15, 0.2) is 54.6 Å². The Kier molecular flexibility index (Phi) is 6.39. The Hall–Kier alpha value is -1.95. The lowest BCUT2D eigenvalue weighted by atomic mass is 10.1. The van der Waals surface area contributed by atoms with E-state index in [-0.39, 0.29) is 5.82 Å². The lowest BCUT2D eigenvalue weighted by molar-refractivity contribution is 0.0676. The van der Waals surface area contributed by atoms with Gasteiger partial charge in [-0.25, -0.2) is 4.39 Å². The summed E-state index contributed by atoms with van der Waals surface area (Å²) < 4.78 is 18.7. The second kappa shape index (κ2) is 8.94. The second-order valence-electron chi connectivity index (χ2n) is 6.37. The van der Waals surface area contributed by atoms with E-state index in [1.165, 1.54) is 12.1 Å². The van der Waals surface area contributed by atoms with Crippen molar-refractivity contribution in [3.05, 3.63) is 66.0 Å². The molecular formula is C20H25FN2O2. The summed E-state index contributed by atoms with van der Waals surface area (Å²) in [5.41, 5.74) is 0.966. The molecule has 1 atom stereocenters. The number of β-amino-alcohol motifs (C(OH)–C–C–N with tert-alkyl or cyclic N) is 1. The molecule has 1 aliphatic rings. The van der Waals surface area contributed by atoms with Crippen LogP contribution in [-0.4, -0.2) is 60.8 Å². The topological polar surface area (TPSA) is 35.9 Å². The van der Waals surface area contributed by atoms with E-state index in [1.807, 2.05) is 30.3 Å². The van der Waals surface area contributed by atoms with Gasteiger partial charge in [0, 0.05) is 45.3 Å². The Labute approximate surface area is 148 Å². The van der Waals surface area contributed by atoms with E-state index in [0.717, 1.165) is 38.3 Å². The summed E-state index contributed by atoms with van der Waals surface area (Å²) in [5.74, 6) is 0.299. The summed E-state index contributed by atoms with van der Waals surface area (Å²) >= 11 is 0. The van der Waals surface area contributed by atoms with Crippen LogP contribution in [0, 0.1) is 5.82 Å². The molecule has 5 heteroatoms. The second-order valence-corrected chi connectivity index (χ2v) is 6.37. The number of halogens is 1. The van der Waals surface area contributed by atoms with E-state index in [2.05, 4.69) is 9.80 Å². The molecule has 3 rings (SSSR count). The van der Waals surface area contributed by atoms with Gasteiger partial charge in [0.2, 0.25) is 0 Å². The molecular weight excluding hydrogens is 319 g/mol. The molecule has 2 aromatic carbocycles. The quantitative estimate of drug-likeness (QED) is 0.837. The van der Waals surface area contributed by atoms with Gasteiger partial charge in [0.05, 0.1) is 6.10 Å². The van der Waals surface area contributed by atoms with Crippen LogP contribution in [0.25, 0.3) is 0 Å². The average Bonchev–Trinajstić information content (AvgIpc) is 2.64. The van der Waals surface area contributed by atoms with Crippen LogP contribution in [-0.2, 0) is 0 Å². The predicted molar refractivity (Wildman–Crippen MR) is 96.2 cm³/mol. The maximum atomic E-state index is 13.1. The van der Waals surface area contributed by atoms with Crippen LogP contribution in [0.3, 0.4) is 0 Å². The largest absolute Gasteiger partial charge is 0.492 e. The van der Waals surface area contributed by atoms with Gasteiger partial charge < -0.3 is 9.84 Å². The van der Waals surface area contributed by atoms with Gasteiger partial charge in [-0.2, -0.15) is 0 Å². The third-order valence-corrected chi connectivity index (χ3v) is 4.55. The fraction of sp³-hybridized carbons (Fsp3) is 0.400. The molecule has 0 radical (unpaired) electrons. The predicted octanol–water partition coefficient (Wildman–Crippen LogP) is 2.56. The fourth-order valence-corrected chi connectivity index (χ4v) is 3.07. The van der Waals surface area contributed by atoms with Crippen molar-refractivity contribution in [2.24, 2.45) is 0 Å². The molecule has 0 spiro atoms. The van der Waals surface area contributed by atoms with Crippen molar-refractivity contribution in [2.45, 2.75) is 6.10 Å². The summed E-state index contributed by atoms with van der Waals surface area (Å²) in [6, 6.07) is 16.0. The van der Waals surface area contributed by atoms with E-state index >= 15 is 0 Å². The number of aliphatic hydroxyl groups excluding tert-OH is 1. The van der Waals surface area contributed by atoms with Crippen LogP contribution in [0.1, 0.15) is 11.7 Å². The maximum Gasteiger partial charge on any atom is 0.126 e. The first-order valence-electron chi connectivity index (χ1n) is 8.77. The molecule has 0 aliphatic carbocycles. The standard InChI is InChI=1S/C20H25FN2O2/c21-18-7-4-8-19(15-18)25-14-13-22-9-11-23(12-10-22)16-20(24)17-5-2-1-3-6-17/h1-8,15,20,24H,9-14,16H2/t20-/m1/s1. The summed E-state index contributed by atoms with van der Waals surface area (Å²) in [6.07, 6.45) is -0.441.